The first-order chi connectivity index (χ1) is 13.1. The number of para-hydroxylation sites is 1. The van der Waals surface area contributed by atoms with Gasteiger partial charge in [0.2, 0.25) is 0 Å². The molecular weight excluding hydrogens is 358 g/mol. The predicted octanol–water partition coefficient (Wildman–Crippen LogP) is 4.21. The van der Waals surface area contributed by atoms with Crippen LogP contribution in [0.3, 0.4) is 0 Å². The van der Waals surface area contributed by atoms with Crippen LogP contribution in [0.2, 0.25) is 5.02 Å². The van der Waals surface area contributed by atoms with Crippen molar-refractivity contribution in [2.75, 3.05) is 49.1 Å². The summed E-state index contributed by atoms with van der Waals surface area (Å²) in [6.07, 6.45) is 2.48. The lowest BCUT2D eigenvalue weighted by molar-refractivity contribution is 0.0747. The van der Waals surface area contributed by atoms with Gasteiger partial charge in [-0.1, -0.05) is 35.4 Å². The molecule has 5 heteroatoms. The predicted molar refractivity (Wildman–Crippen MR) is 112 cm³/mol. The van der Waals surface area contributed by atoms with Gasteiger partial charge in [-0.3, -0.25) is 4.79 Å². The summed E-state index contributed by atoms with van der Waals surface area (Å²) in [6.45, 7) is 7.28. The number of aryl methyl sites for hydroxylation is 1. The average molecular weight is 384 g/mol. The molecule has 2 fully saturated rings. The summed E-state index contributed by atoms with van der Waals surface area (Å²) in [5.41, 5.74) is 4.30. The number of benzene rings is 2. The molecule has 0 spiro atoms. The standard InChI is InChI=1S/C22H26ClN3O/c1-17-7-9-18(10-8-17)22(27)26-15-13-25(14-16-26)21-19(23)5-4-6-20(21)24-11-2-3-12-24/h4-10H,2-3,11-16H2,1H3. The van der Waals surface area contributed by atoms with Crippen molar-refractivity contribution in [2.45, 2.75) is 19.8 Å². The van der Waals surface area contributed by atoms with Crippen LogP contribution >= 0.6 is 11.6 Å². The highest BCUT2D eigenvalue weighted by Gasteiger charge is 2.26. The molecule has 4 nitrogen and oxygen atoms in total. The van der Waals surface area contributed by atoms with Crippen molar-refractivity contribution in [3.8, 4) is 0 Å². The van der Waals surface area contributed by atoms with Crippen molar-refractivity contribution in [3.63, 3.8) is 0 Å². The fraction of sp³-hybridized carbons (Fsp3) is 0.409. The average Bonchev–Trinajstić information content (AvgIpc) is 3.23. The van der Waals surface area contributed by atoms with Crippen LogP contribution in [0.1, 0.15) is 28.8 Å². The minimum atomic E-state index is 0.119. The van der Waals surface area contributed by atoms with E-state index >= 15 is 0 Å². The van der Waals surface area contributed by atoms with Gasteiger partial charge < -0.3 is 14.7 Å². The first kappa shape index (κ1) is 18.2. The van der Waals surface area contributed by atoms with Crippen LogP contribution in [0.4, 0.5) is 11.4 Å². The van der Waals surface area contributed by atoms with Gasteiger partial charge in [-0.15, -0.1) is 0 Å². The number of anilines is 2. The molecule has 142 valence electrons. The number of nitrogens with zero attached hydrogens (tertiary/aromatic N) is 3. The minimum absolute atomic E-state index is 0.119. The Hall–Kier alpha value is -2.20. The van der Waals surface area contributed by atoms with Crippen LogP contribution in [0.5, 0.6) is 0 Å². The molecule has 0 radical (unpaired) electrons. The lowest BCUT2D eigenvalue weighted by Crippen LogP contribution is -2.49. The summed E-state index contributed by atoms with van der Waals surface area (Å²) in [5.74, 6) is 0.119. The largest absolute Gasteiger partial charge is 0.370 e. The van der Waals surface area contributed by atoms with Crippen LogP contribution in [0.25, 0.3) is 0 Å². The molecule has 2 aromatic carbocycles. The Bertz CT molecular complexity index is 807. The summed E-state index contributed by atoms with van der Waals surface area (Å²) in [7, 11) is 0. The Labute approximate surface area is 166 Å². The van der Waals surface area contributed by atoms with Gasteiger partial charge in [0, 0.05) is 44.8 Å². The Kier molecular flexibility index (Phi) is 5.26. The molecule has 2 saturated heterocycles. The zero-order valence-electron chi connectivity index (χ0n) is 15.8. The van der Waals surface area contributed by atoms with Crippen LogP contribution in [0.15, 0.2) is 42.5 Å². The summed E-state index contributed by atoms with van der Waals surface area (Å²) in [4.78, 5) is 19.5. The first-order valence-electron chi connectivity index (χ1n) is 9.78. The molecule has 0 N–H and O–H groups in total. The summed E-state index contributed by atoms with van der Waals surface area (Å²) in [5, 5.41) is 0.803. The molecule has 0 atom stereocenters. The highest BCUT2D eigenvalue weighted by Crippen LogP contribution is 2.38. The smallest absolute Gasteiger partial charge is 0.253 e. The lowest BCUT2D eigenvalue weighted by atomic mass is 10.1. The van der Waals surface area contributed by atoms with Crippen molar-refractivity contribution in [2.24, 2.45) is 0 Å². The summed E-state index contributed by atoms with van der Waals surface area (Å²) < 4.78 is 0. The van der Waals surface area contributed by atoms with E-state index in [0.29, 0.717) is 0 Å². The van der Waals surface area contributed by atoms with Gasteiger partial charge in [0.25, 0.3) is 5.91 Å². The number of hydrogen-bond donors (Lipinski definition) is 0. The Morgan fingerprint density at radius 1 is 0.852 bits per heavy atom. The quantitative estimate of drug-likeness (QED) is 0.794. The van der Waals surface area contributed by atoms with Crippen molar-refractivity contribution in [1.29, 1.82) is 0 Å². The summed E-state index contributed by atoms with van der Waals surface area (Å²) in [6, 6.07) is 14.0. The van der Waals surface area contributed by atoms with Crippen molar-refractivity contribution >= 4 is 28.9 Å². The van der Waals surface area contributed by atoms with Crippen LogP contribution in [-0.4, -0.2) is 50.1 Å². The topological polar surface area (TPSA) is 26.8 Å². The maximum Gasteiger partial charge on any atom is 0.253 e. The number of halogens is 1. The maximum atomic E-state index is 12.8. The lowest BCUT2D eigenvalue weighted by Gasteiger charge is -2.38. The molecular formula is C22H26ClN3O. The zero-order valence-corrected chi connectivity index (χ0v) is 16.6. The number of carbonyl (C=O) groups is 1. The third kappa shape index (κ3) is 3.77. The highest BCUT2D eigenvalue weighted by atomic mass is 35.5. The maximum absolute atomic E-state index is 12.8. The van der Waals surface area contributed by atoms with E-state index in [-0.39, 0.29) is 5.91 Å². The molecule has 1 amide bonds. The normalized spacial score (nSPS) is 17.5. The van der Waals surface area contributed by atoms with E-state index in [2.05, 4.69) is 15.9 Å². The van der Waals surface area contributed by atoms with E-state index in [1.165, 1.54) is 24.1 Å². The van der Waals surface area contributed by atoms with Crippen LogP contribution in [-0.2, 0) is 0 Å². The molecule has 0 bridgehead atoms. The van der Waals surface area contributed by atoms with Gasteiger partial charge in [0.15, 0.2) is 0 Å². The van der Waals surface area contributed by atoms with Crippen molar-refractivity contribution in [3.05, 3.63) is 58.6 Å². The van der Waals surface area contributed by atoms with Crippen LogP contribution in [0, 0.1) is 6.92 Å². The van der Waals surface area contributed by atoms with E-state index in [9.17, 15) is 4.79 Å². The van der Waals surface area contributed by atoms with Crippen LogP contribution < -0.4 is 9.80 Å². The third-order valence-electron chi connectivity index (χ3n) is 5.59. The van der Waals surface area contributed by atoms with E-state index in [1.807, 2.05) is 48.2 Å². The van der Waals surface area contributed by atoms with Crippen molar-refractivity contribution < 1.29 is 4.79 Å². The first-order valence-corrected chi connectivity index (χ1v) is 10.2. The molecule has 2 aliphatic heterocycles. The fourth-order valence-electron chi connectivity index (χ4n) is 4.04. The van der Waals surface area contributed by atoms with Gasteiger partial charge in [0.05, 0.1) is 16.4 Å². The van der Waals surface area contributed by atoms with Gasteiger partial charge in [-0.05, 0) is 44.0 Å². The van der Waals surface area contributed by atoms with E-state index in [1.54, 1.807) is 0 Å². The Morgan fingerprint density at radius 2 is 1.52 bits per heavy atom. The summed E-state index contributed by atoms with van der Waals surface area (Å²) >= 11 is 6.60. The minimum Gasteiger partial charge on any atom is -0.370 e. The second-order valence-electron chi connectivity index (χ2n) is 7.45. The third-order valence-corrected chi connectivity index (χ3v) is 5.90. The molecule has 2 aliphatic rings. The number of hydrogen-bond acceptors (Lipinski definition) is 3. The number of rotatable bonds is 3. The molecule has 0 saturated carbocycles. The molecule has 4 rings (SSSR count). The van der Waals surface area contributed by atoms with Gasteiger partial charge in [0.1, 0.15) is 0 Å². The van der Waals surface area contributed by atoms with Gasteiger partial charge in [-0.2, -0.15) is 0 Å². The number of amides is 1. The molecule has 0 aliphatic carbocycles. The van der Waals surface area contributed by atoms with Gasteiger partial charge in [-0.25, -0.2) is 0 Å². The fourth-order valence-corrected chi connectivity index (χ4v) is 4.33. The highest BCUT2D eigenvalue weighted by molar-refractivity contribution is 6.34. The molecule has 0 unspecified atom stereocenters. The monoisotopic (exact) mass is 383 g/mol. The Balaban J connectivity index is 1.48. The van der Waals surface area contributed by atoms with Crippen molar-refractivity contribution in [1.82, 2.24) is 4.90 Å². The number of carbonyl (C=O) groups excluding carboxylic acids is 1. The molecule has 2 heterocycles. The van der Waals surface area contributed by atoms with Gasteiger partial charge >= 0.3 is 0 Å². The van der Waals surface area contributed by atoms with E-state index in [0.717, 1.165) is 55.5 Å². The second-order valence-corrected chi connectivity index (χ2v) is 7.85. The SMILES string of the molecule is Cc1ccc(C(=O)N2CCN(c3c(Cl)cccc3N3CCCC3)CC2)cc1. The van der Waals surface area contributed by atoms with E-state index < -0.39 is 0 Å². The zero-order chi connectivity index (χ0) is 18.8. The second kappa shape index (κ2) is 7.81. The van der Waals surface area contributed by atoms with E-state index in [4.69, 9.17) is 11.6 Å². The number of piperazine rings is 1. The molecule has 2 aromatic rings. The Morgan fingerprint density at radius 3 is 2.19 bits per heavy atom. The molecule has 0 aromatic heterocycles. The molecule has 27 heavy (non-hydrogen) atoms.